The van der Waals surface area contributed by atoms with Crippen LogP contribution in [0, 0.1) is 6.92 Å². The molecule has 2 rings (SSSR count). The second-order valence-electron chi connectivity index (χ2n) is 4.56. The highest BCUT2D eigenvalue weighted by molar-refractivity contribution is 14.0. The predicted octanol–water partition coefficient (Wildman–Crippen LogP) is 3.60. The fourth-order valence-electron chi connectivity index (χ4n) is 1.85. The van der Waals surface area contributed by atoms with Gasteiger partial charge in [0.2, 0.25) is 0 Å². The van der Waals surface area contributed by atoms with Gasteiger partial charge in [-0.3, -0.25) is 4.99 Å². The van der Waals surface area contributed by atoms with Crippen LogP contribution < -0.4 is 11.1 Å². The van der Waals surface area contributed by atoms with Crippen molar-refractivity contribution in [1.29, 1.82) is 0 Å². The number of hydrogen-bond acceptors (Lipinski definition) is 3. The third-order valence-corrected chi connectivity index (χ3v) is 3.86. The molecule has 1 heterocycles. The average Bonchev–Trinajstić information content (AvgIpc) is 2.84. The van der Waals surface area contributed by atoms with Crippen LogP contribution >= 0.6 is 35.3 Å². The van der Waals surface area contributed by atoms with Gasteiger partial charge in [0.05, 0.1) is 5.01 Å². The molecular formula is C15H21IN4S. The summed E-state index contributed by atoms with van der Waals surface area (Å²) >= 11 is 1.71. The highest BCUT2D eigenvalue weighted by Crippen LogP contribution is 2.12. The van der Waals surface area contributed by atoms with Crippen molar-refractivity contribution in [3.63, 3.8) is 0 Å². The lowest BCUT2D eigenvalue weighted by atomic mass is 10.1. The van der Waals surface area contributed by atoms with Crippen LogP contribution in [0.4, 0.5) is 5.69 Å². The number of anilines is 1. The van der Waals surface area contributed by atoms with Gasteiger partial charge in [-0.2, -0.15) is 0 Å². The minimum atomic E-state index is 0. The van der Waals surface area contributed by atoms with E-state index in [-0.39, 0.29) is 24.0 Å². The maximum absolute atomic E-state index is 5.89. The highest BCUT2D eigenvalue weighted by Gasteiger charge is 1.99. The van der Waals surface area contributed by atoms with Crippen molar-refractivity contribution in [1.82, 2.24) is 4.98 Å². The lowest BCUT2D eigenvalue weighted by Gasteiger charge is -2.06. The van der Waals surface area contributed by atoms with Crippen molar-refractivity contribution >= 4 is 47.0 Å². The van der Waals surface area contributed by atoms with E-state index in [1.54, 1.807) is 11.3 Å². The summed E-state index contributed by atoms with van der Waals surface area (Å²) < 4.78 is 0. The van der Waals surface area contributed by atoms with Gasteiger partial charge in [0.15, 0.2) is 5.96 Å². The van der Waals surface area contributed by atoms with Gasteiger partial charge in [-0.25, -0.2) is 4.98 Å². The number of thiazole rings is 1. The average molecular weight is 416 g/mol. The minimum Gasteiger partial charge on any atom is -0.370 e. The molecule has 1 aromatic heterocycles. The first-order chi connectivity index (χ1) is 9.67. The second-order valence-corrected chi connectivity index (χ2v) is 5.88. The number of nitrogens with zero attached hydrogens (tertiary/aromatic N) is 2. The molecule has 0 fully saturated rings. The normalized spacial score (nSPS) is 11.0. The first kappa shape index (κ1) is 17.9. The fraction of sp³-hybridized carbons (Fsp3) is 0.333. The van der Waals surface area contributed by atoms with E-state index in [0.29, 0.717) is 12.5 Å². The third kappa shape index (κ3) is 6.01. The summed E-state index contributed by atoms with van der Waals surface area (Å²) in [5, 5.41) is 4.22. The van der Waals surface area contributed by atoms with Crippen LogP contribution in [0.1, 0.15) is 22.4 Å². The van der Waals surface area contributed by atoms with Crippen LogP contribution in [0.15, 0.2) is 35.5 Å². The van der Waals surface area contributed by atoms with Crippen LogP contribution in [0.25, 0.3) is 0 Å². The van der Waals surface area contributed by atoms with E-state index in [0.717, 1.165) is 23.5 Å². The molecule has 0 bridgehead atoms. The van der Waals surface area contributed by atoms with Gasteiger partial charge in [0.1, 0.15) is 0 Å². The molecule has 0 aliphatic rings. The molecule has 6 heteroatoms. The Labute approximate surface area is 146 Å². The standard InChI is InChI=1S/C15H20N4S.HI/c1-3-12-5-4-6-13(9-12)19-15(16)17-8-7-14-18-10-11(2)20-14;/h4-6,9-10H,3,7-8H2,1-2H3,(H3,16,17,19);1H. The summed E-state index contributed by atoms with van der Waals surface area (Å²) in [7, 11) is 0. The Bertz CT molecular complexity index is 595. The number of nitrogens with one attached hydrogen (secondary N) is 1. The van der Waals surface area contributed by atoms with E-state index in [1.165, 1.54) is 10.4 Å². The molecule has 0 atom stereocenters. The summed E-state index contributed by atoms with van der Waals surface area (Å²) in [6.07, 6.45) is 3.73. The maximum atomic E-state index is 5.89. The zero-order chi connectivity index (χ0) is 14.4. The van der Waals surface area contributed by atoms with E-state index in [4.69, 9.17) is 5.73 Å². The Morgan fingerprint density at radius 2 is 2.24 bits per heavy atom. The van der Waals surface area contributed by atoms with Gasteiger partial charge in [0.25, 0.3) is 0 Å². The number of guanidine groups is 1. The van der Waals surface area contributed by atoms with E-state index in [2.05, 4.69) is 41.3 Å². The van der Waals surface area contributed by atoms with Crippen LogP contribution in [0.3, 0.4) is 0 Å². The highest BCUT2D eigenvalue weighted by atomic mass is 127. The Balaban J connectivity index is 0.00000220. The topological polar surface area (TPSA) is 63.3 Å². The summed E-state index contributed by atoms with van der Waals surface area (Å²) in [6, 6.07) is 8.20. The van der Waals surface area contributed by atoms with E-state index >= 15 is 0 Å². The fourth-order valence-corrected chi connectivity index (χ4v) is 2.62. The lowest BCUT2D eigenvalue weighted by molar-refractivity contribution is 0.949. The SMILES string of the molecule is CCc1cccc(NC(N)=NCCc2ncc(C)s2)c1.I. The Kier molecular flexibility index (Phi) is 7.66. The molecule has 0 amide bonds. The van der Waals surface area contributed by atoms with Crippen molar-refractivity contribution < 1.29 is 0 Å². The number of rotatable bonds is 5. The second kappa shape index (κ2) is 8.99. The zero-order valence-electron chi connectivity index (χ0n) is 12.3. The van der Waals surface area contributed by atoms with Gasteiger partial charge >= 0.3 is 0 Å². The lowest BCUT2D eigenvalue weighted by Crippen LogP contribution is -2.23. The molecule has 4 nitrogen and oxygen atoms in total. The molecule has 21 heavy (non-hydrogen) atoms. The molecule has 0 unspecified atom stereocenters. The van der Waals surface area contributed by atoms with Gasteiger partial charge in [-0.15, -0.1) is 35.3 Å². The third-order valence-electron chi connectivity index (χ3n) is 2.88. The minimum absolute atomic E-state index is 0. The van der Waals surface area contributed by atoms with Gasteiger partial charge in [-0.1, -0.05) is 19.1 Å². The smallest absolute Gasteiger partial charge is 0.193 e. The Hall–Kier alpha value is -1.15. The largest absolute Gasteiger partial charge is 0.370 e. The van der Waals surface area contributed by atoms with Crippen LogP contribution in [0.5, 0.6) is 0 Å². The van der Waals surface area contributed by atoms with E-state index < -0.39 is 0 Å². The van der Waals surface area contributed by atoms with E-state index in [1.807, 2.05) is 18.3 Å². The van der Waals surface area contributed by atoms with E-state index in [9.17, 15) is 0 Å². The number of aromatic nitrogens is 1. The predicted molar refractivity (Wildman–Crippen MR) is 102 cm³/mol. The van der Waals surface area contributed by atoms with Gasteiger partial charge < -0.3 is 11.1 Å². The molecule has 2 aromatic rings. The molecule has 0 aliphatic carbocycles. The monoisotopic (exact) mass is 416 g/mol. The van der Waals surface area contributed by atoms with Crippen molar-refractivity contribution in [3.8, 4) is 0 Å². The van der Waals surface area contributed by atoms with Crippen LogP contribution in [0.2, 0.25) is 0 Å². The number of nitrogens with two attached hydrogens (primary N) is 1. The summed E-state index contributed by atoms with van der Waals surface area (Å²) in [5.41, 5.74) is 8.15. The molecule has 3 N–H and O–H groups in total. The van der Waals surface area contributed by atoms with Crippen molar-refractivity contribution in [3.05, 3.63) is 45.9 Å². The Morgan fingerprint density at radius 3 is 2.90 bits per heavy atom. The van der Waals surface area contributed by atoms with Crippen molar-refractivity contribution in [2.45, 2.75) is 26.7 Å². The molecule has 0 spiro atoms. The number of aliphatic imine (C=N–C) groups is 1. The summed E-state index contributed by atoms with van der Waals surface area (Å²) in [6.45, 7) is 4.84. The number of hydrogen-bond donors (Lipinski definition) is 2. The van der Waals surface area contributed by atoms with Crippen molar-refractivity contribution in [2.24, 2.45) is 10.7 Å². The molecule has 1 aromatic carbocycles. The van der Waals surface area contributed by atoms with Crippen molar-refractivity contribution in [2.75, 3.05) is 11.9 Å². The zero-order valence-corrected chi connectivity index (χ0v) is 15.4. The molecule has 114 valence electrons. The number of benzene rings is 1. The first-order valence-electron chi connectivity index (χ1n) is 6.74. The Morgan fingerprint density at radius 1 is 1.43 bits per heavy atom. The first-order valence-corrected chi connectivity index (χ1v) is 7.56. The van der Waals surface area contributed by atoms with Gasteiger partial charge in [-0.05, 0) is 31.0 Å². The molecule has 0 radical (unpaired) electrons. The quantitative estimate of drug-likeness (QED) is 0.445. The molecule has 0 aliphatic heterocycles. The van der Waals surface area contributed by atoms with Crippen LogP contribution in [-0.2, 0) is 12.8 Å². The number of halogens is 1. The summed E-state index contributed by atoms with van der Waals surface area (Å²) in [4.78, 5) is 9.86. The maximum Gasteiger partial charge on any atom is 0.193 e. The molecule has 0 saturated heterocycles. The molecule has 0 saturated carbocycles. The molecular weight excluding hydrogens is 395 g/mol. The number of aryl methyl sites for hydroxylation is 2. The van der Waals surface area contributed by atoms with Crippen LogP contribution in [-0.4, -0.2) is 17.5 Å². The van der Waals surface area contributed by atoms with Gasteiger partial charge in [0, 0.05) is 29.7 Å². The summed E-state index contributed by atoms with van der Waals surface area (Å²) in [5.74, 6) is 0.450.